The summed E-state index contributed by atoms with van der Waals surface area (Å²) in [7, 11) is 1.66. The number of primary amides is 1. The van der Waals surface area contributed by atoms with E-state index in [0.29, 0.717) is 19.2 Å². The summed E-state index contributed by atoms with van der Waals surface area (Å²) in [6.45, 7) is 9.49. The maximum absolute atomic E-state index is 11.6. The minimum atomic E-state index is -0.232. The fourth-order valence-corrected chi connectivity index (χ4v) is 2.85. The molecular formula is C17H28N4O2. The van der Waals surface area contributed by atoms with E-state index in [2.05, 4.69) is 37.6 Å². The van der Waals surface area contributed by atoms with Gasteiger partial charge >= 0.3 is 0 Å². The average Bonchev–Trinajstić information content (AvgIpc) is 2.46. The van der Waals surface area contributed by atoms with Crippen LogP contribution in [0.3, 0.4) is 0 Å². The molecule has 1 fully saturated rings. The van der Waals surface area contributed by atoms with Crippen molar-refractivity contribution in [2.45, 2.75) is 58.6 Å². The molecule has 0 aliphatic carbocycles. The zero-order valence-electron chi connectivity index (χ0n) is 14.8. The van der Waals surface area contributed by atoms with E-state index in [1.807, 2.05) is 6.07 Å². The number of hydrogen-bond donors (Lipinski definition) is 1. The highest BCUT2D eigenvalue weighted by Crippen LogP contribution is 2.29. The van der Waals surface area contributed by atoms with Crippen molar-refractivity contribution in [1.82, 2.24) is 9.97 Å². The minimum Gasteiger partial charge on any atom is -0.378 e. The van der Waals surface area contributed by atoms with Gasteiger partial charge in [0.1, 0.15) is 11.6 Å². The Labute approximate surface area is 138 Å². The maximum atomic E-state index is 11.6. The monoisotopic (exact) mass is 320 g/mol. The van der Waals surface area contributed by atoms with Gasteiger partial charge in [-0.1, -0.05) is 20.8 Å². The van der Waals surface area contributed by atoms with Crippen molar-refractivity contribution in [3.05, 3.63) is 17.6 Å². The van der Waals surface area contributed by atoms with E-state index >= 15 is 0 Å². The molecule has 0 bridgehead atoms. The topological polar surface area (TPSA) is 81.3 Å². The lowest BCUT2D eigenvalue weighted by Gasteiger charge is -2.38. The number of carbonyl (C=O) groups is 1. The number of nitrogens with two attached hydrogens (primary N) is 1. The Morgan fingerprint density at radius 1 is 1.39 bits per heavy atom. The van der Waals surface area contributed by atoms with Crippen LogP contribution in [-0.2, 0) is 21.6 Å². The van der Waals surface area contributed by atoms with Crippen molar-refractivity contribution in [2.75, 3.05) is 18.6 Å². The molecule has 128 valence electrons. The van der Waals surface area contributed by atoms with E-state index in [-0.39, 0.29) is 17.2 Å². The predicted molar refractivity (Wildman–Crippen MR) is 90.2 cm³/mol. The Bertz CT molecular complexity index is 568. The van der Waals surface area contributed by atoms with Crippen LogP contribution in [0.25, 0.3) is 0 Å². The molecule has 2 rings (SSSR count). The lowest BCUT2D eigenvalue weighted by molar-refractivity contribution is -0.122. The molecule has 0 saturated carbocycles. The molecule has 2 unspecified atom stereocenters. The second-order valence-electron chi connectivity index (χ2n) is 7.40. The quantitative estimate of drug-likeness (QED) is 0.918. The summed E-state index contributed by atoms with van der Waals surface area (Å²) >= 11 is 0. The van der Waals surface area contributed by atoms with E-state index in [9.17, 15) is 4.79 Å². The van der Waals surface area contributed by atoms with Gasteiger partial charge in [-0.2, -0.15) is 0 Å². The van der Waals surface area contributed by atoms with Crippen LogP contribution in [-0.4, -0.2) is 35.6 Å². The largest absolute Gasteiger partial charge is 0.378 e. The van der Waals surface area contributed by atoms with Gasteiger partial charge in [-0.25, -0.2) is 9.97 Å². The van der Waals surface area contributed by atoms with Gasteiger partial charge in [-0.05, 0) is 19.8 Å². The Morgan fingerprint density at radius 3 is 2.65 bits per heavy atom. The SMILES string of the molecule is COCc1cc(N2CC(C(N)=O)CCC2C)nc(C(C)(C)C)n1. The van der Waals surface area contributed by atoms with Crippen LogP contribution < -0.4 is 10.6 Å². The molecule has 2 atom stereocenters. The second kappa shape index (κ2) is 6.83. The van der Waals surface area contributed by atoms with Gasteiger partial charge in [0.15, 0.2) is 0 Å². The normalized spacial score (nSPS) is 22.2. The van der Waals surface area contributed by atoms with E-state index in [1.165, 1.54) is 0 Å². The highest BCUT2D eigenvalue weighted by molar-refractivity contribution is 5.77. The number of aromatic nitrogens is 2. The molecule has 6 heteroatoms. The molecular weight excluding hydrogens is 292 g/mol. The maximum Gasteiger partial charge on any atom is 0.222 e. The molecule has 1 aromatic rings. The number of hydrogen-bond acceptors (Lipinski definition) is 5. The van der Waals surface area contributed by atoms with Crippen LogP contribution in [0, 0.1) is 5.92 Å². The first-order valence-corrected chi connectivity index (χ1v) is 8.15. The van der Waals surface area contributed by atoms with Gasteiger partial charge in [-0.15, -0.1) is 0 Å². The van der Waals surface area contributed by atoms with Crippen LogP contribution >= 0.6 is 0 Å². The number of nitrogens with zero attached hydrogens (tertiary/aromatic N) is 3. The molecule has 1 aliphatic heterocycles. The standard InChI is InChI=1S/C17H28N4O2/c1-11-6-7-12(15(18)22)9-21(11)14-8-13(10-23-5)19-16(20-14)17(2,3)4/h8,11-12H,6-7,9-10H2,1-5H3,(H2,18,22). The van der Waals surface area contributed by atoms with Crippen LogP contribution in [0.2, 0.25) is 0 Å². The van der Waals surface area contributed by atoms with E-state index in [4.69, 9.17) is 15.5 Å². The summed E-state index contributed by atoms with van der Waals surface area (Å²) in [6.07, 6.45) is 1.78. The van der Waals surface area contributed by atoms with Crippen LogP contribution in [0.4, 0.5) is 5.82 Å². The van der Waals surface area contributed by atoms with Crippen molar-refractivity contribution >= 4 is 11.7 Å². The van der Waals surface area contributed by atoms with Gasteiger partial charge in [0.05, 0.1) is 18.2 Å². The minimum absolute atomic E-state index is 0.120. The number of methoxy groups -OCH3 is 1. The summed E-state index contributed by atoms with van der Waals surface area (Å²) in [5.74, 6) is 1.29. The molecule has 0 spiro atoms. The first kappa shape index (κ1) is 17.7. The van der Waals surface area contributed by atoms with Crippen molar-refractivity contribution in [3.8, 4) is 0 Å². The average molecular weight is 320 g/mol. The second-order valence-corrected chi connectivity index (χ2v) is 7.40. The fraction of sp³-hybridized carbons (Fsp3) is 0.706. The predicted octanol–water partition coefficient (Wildman–Crippen LogP) is 2.01. The van der Waals surface area contributed by atoms with E-state index < -0.39 is 0 Å². The molecule has 1 aliphatic rings. The molecule has 23 heavy (non-hydrogen) atoms. The number of carbonyl (C=O) groups excluding carboxylic acids is 1. The van der Waals surface area contributed by atoms with E-state index in [0.717, 1.165) is 30.2 Å². The Kier molecular flexibility index (Phi) is 5.24. The third-order valence-electron chi connectivity index (χ3n) is 4.31. The van der Waals surface area contributed by atoms with Crippen molar-refractivity contribution in [2.24, 2.45) is 11.7 Å². The Balaban J connectivity index is 2.39. The van der Waals surface area contributed by atoms with E-state index in [1.54, 1.807) is 7.11 Å². The Morgan fingerprint density at radius 2 is 2.09 bits per heavy atom. The molecule has 6 nitrogen and oxygen atoms in total. The van der Waals surface area contributed by atoms with Crippen molar-refractivity contribution in [3.63, 3.8) is 0 Å². The molecule has 2 heterocycles. The first-order valence-electron chi connectivity index (χ1n) is 8.15. The smallest absolute Gasteiger partial charge is 0.222 e. The lowest BCUT2D eigenvalue weighted by atomic mass is 9.92. The zero-order valence-corrected chi connectivity index (χ0v) is 14.8. The summed E-state index contributed by atoms with van der Waals surface area (Å²) in [4.78, 5) is 23.1. The number of anilines is 1. The molecule has 1 saturated heterocycles. The molecule has 0 aromatic carbocycles. The van der Waals surface area contributed by atoms with Crippen LogP contribution in [0.15, 0.2) is 6.07 Å². The highest BCUT2D eigenvalue weighted by atomic mass is 16.5. The number of ether oxygens (including phenoxy) is 1. The highest BCUT2D eigenvalue weighted by Gasteiger charge is 2.30. The van der Waals surface area contributed by atoms with Crippen molar-refractivity contribution < 1.29 is 9.53 Å². The lowest BCUT2D eigenvalue weighted by Crippen LogP contribution is -2.46. The molecule has 1 amide bonds. The van der Waals surface area contributed by atoms with Gasteiger partial charge in [0.2, 0.25) is 5.91 Å². The third-order valence-corrected chi connectivity index (χ3v) is 4.31. The fourth-order valence-electron chi connectivity index (χ4n) is 2.85. The van der Waals surface area contributed by atoms with Gasteiger partial charge in [0.25, 0.3) is 0 Å². The Hall–Kier alpha value is -1.69. The first-order chi connectivity index (χ1) is 10.7. The molecule has 0 radical (unpaired) electrons. The van der Waals surface area contributed by atoms with Gasteiger partial charge in [-0.3, -0.25) is 4.79 Å². The number of amides is 1. The number of rotatable bonds is 4. The van der Waals surface area contributed by atoms with Crippen LogP contribution in [0.1, 0.15) is 52.1 Å². The molecule has 2 N–H and O–H groups in total. The zero-order chi connectivity index (χ0) is 17.2. The third kappa shape index (κ3) is 4.19. The molecule has 1 aromatic heterocycles. The summed E-state index contributed by atoms with van der Waals surface area (Å²) in [5.41, 5.74) is 6.22. The number of piperidine rings is 1. The van der Waals surface area contributed by atoms with Crippen molar-refractivity contribution in [1.29, 1.82) is 0 Å². The summed E-state index contributed by atoms with van der Waals surface area (Å²) in [5, 5.41) is 0. The summed E-state index contributed by atoms with van der Waals surface area (Å²) < 4.78 is 5.24. The van der Waals surface area contributed by atoms with Gasteiger partial charge < -0.3 is 15.4 Å². The summed E-state index contributed by atoms with van der Waals surface area (Å²) in [6, 6.07) is 2.28. The van der Waals surface area contributed by atoms with Gasteiger partial charge in [0, 0.05) is 31.2 Å². The van der Waals surface area contributed by atoms with Crippen LogP contribution in [0.5, 0.6) is 0 Å².